The van der Waals surface area contributed by atoms with Crippen LogP contribution in [-0.2, 0) is 11.2 Å². The number of benzene rings is 3. The van der Waals surface area contributed by atoms with Gasteiger partial charge in [-0.15, -0.1) is 0 Å². The third-order valence-corrected chi connectivity index (χ3v) is 6.22. The Labute approximate surface area is 195 Å². The van der Waals surface area contributed by atoms with Crippen LogP contribution in [0.25, 0.3) is 0 Å². The second-order valence-electron chi connectivity index (χ2n) is 8.79. The number of piperidine rings is 1. The third-order valence-electron chi connectivity index (χ3n) is 6.22. The number of rotatable bonds is 7. The molecule has 0 aromatic heterocycles. The summed E-state index contributed by atoms with van der Waals surface area (Å²) in [5, 5.41) is 5.89. The average molecular weight is 442 g/mol. The predicted molar refractivity (Wildman–Crippen MR) is 134 cm³/mol. The first-order valence-corrected chi connectivity index (χ1v) is 11.6. The van der Waals surface area contributed by atoms with Gasteiger partial charge in [-0.1, -0.05) is 55.5 Å². The van der Waals surface area contributed by atoms with Crippen molar-refractivity contribution in [2.45, 2.75) is 32.2 Å². The lowest BCUT2D eigenvalue weighted by molar-refractivity contribution is -0.118. The van der Waals surface area contributed by atoms with Crippen LogP contribution in [0.4, 0.5) is 11.4 Å². The highest BCUT2D eigenvalue weighted by Crippen LogP contribution is 2.24. The highest BCUT2D eigenvalue weighted by atomic mass is 16.2. The molecule has 5 nitrogen and oxygen atoms in total. The normalized spacial score (nSPS) is 15.0. The van der Waals surface area contributed by atoms with Crippen LogP contribution in [-0.4, -0.2) is 30.9 Å². The summed E-state index contributed by atoms with van der Waals surface area (Å²) in [6.07, 6.45) is 2.83. The van der Waals surface area contributed by atoms with E-state index in [1.165, 1.54) is 18.5 Å². The van der Waals surface area contributed by atoms with Crippen LogP contribution in [0.15, 0.2) is 84.9 Å². The number of hydrogen-bond acceptors (Lipinski definition) is 3. The molecule has 1 heterocycles. The smallest absolute Gasteiger partial charge is 0.251 e. The van der Waals surface area contributed by atoms with Crippen LogP contribution in [0.1, 0.15) is 35.7 Å². The fraction of sp³-hybridized carbons (Fsp3) is 0.286. The van der Waals surface area contributed by atoms with Crippen LogP contribution in [0.3, 0.4) is 0 Å². The molecule has 3 aromatic carbocycles. The third kappa shape index (κ3) is 6.22. The van der Waals surface area contributed by atoms with Crippen molar-refractivity contribution in [3.8, 4) is 0 Å². The average Bonchev–Trinajstić information content (AvgIpc) is 2.86. The Morgan fingerprint density at radius 3 is 2.12 bits per heavy atom. The molecule has 2 N–H and O–H groups in total. The molecule has 1 atom stereocenters. The molecular formula is C28H31N3O2. The van der Waals surface area contributed by atoms with Crippen molar-refractivity contribution in [1.82, 2.24) is 5.32 Å². The van der Waals surface area contributed by atoms with Crippen LogP contribution in [0, 0.1) is 5.92 Å². The van der Waals surface area contributed by atoms with Crippen molar-refractivity contribution >= 4 is 23.2 Å². The zero-order valence-corrected chi connectivity index (χ0v) is 19.0. The fourth-order valence-electron chi connectivity index (χ4n) is 4.14. The fourth-order valence-corrected chi connectivity index (χ4v) is 4.14. The van der Waals surface area contributed by atoms with Crippen molar-refractivity contribution < 1.29 is 9.59 Å². The molecule has 0 bridgehead atoms. The number of hydrogen-bond donors (Lipinski definition) is 2. The van der Waals surface area contributed by atoms with Crippen molar-refractivity contribution in [3.63, 3.8) is 0 Å². The van der Waals surface area contributed by atoms with E-state index in [4.69, 9.17) is 0 Å². The first-order chi connectivity index (χ1) is 16.1. The van der Waals surface area contributed by atoms with Gasteiger partial charge in [-0.3, -0.25) is 9.59 Å². The highest BCUT2D eigenvalue weighted by Gasteiger charge is 2.22. The van der Waals surface area contributed by atoms with Gasteiger partial charge in [-0.05, 0) is 60.7 Å². The minimum absolute atomic E-state index is 0.234. The number of nitrogens with one attached hydrogen (secondary N) is 2. The molecule has 1 fully saturated rings. The van der Waals surface area contributed by atoms with Crippen LogP contribution in [0.5, 0.6) is 0 Å². The standard InChI is InChI=1S/C28H31N3O2/c1-21-16-18-31(19-17-21)25-14-12-24(13-15-25)29-28(33)26(20-22-8-4-2-5-9-22)30-27(32)23-10-6-3-7-11-23/h2-15,21,26H,16-20H2,1H3,(H,29,33)(H,30,32). The van der Waals surface area contributed by atoms with Gasteiger partial charge in [-0.2, -0.15) is 0 Å². The summed E-state index contributed by atoms with van der Waals surface area (Å²) in [5.74, 6) is 0.288. The maximum Gasteiger partial charge on any atom is 0.251 e. The van der Waals surface area contributed by atoms with E-state index in [1.54, 1.807) is 12.1 Å². The van der Waals surface area contributed by atoms with E-state index in [9.17, 15) is 9.59 Å². The minimum Gasteiger partial charge on any atom is -0.372 e. The highest BCUT2D eigenvalue weighted by molar-refractivity contribution is 6.01. The molecule has 33 heavy (non-hydrogen) atoms. The molecule has 170 valence electrons. The van der Waals surface area contributed by atoms with Gasteiger partial charge in [-0.25, -0.2) is 0 Å². The molecule has 3 aromatic rings. The number of nitrogens with zero attached hydrogens (tertiary/aromatic N) is 1. The minimum atomic E-state index is -0.691. The van der Waals surface area contributed by atoms with Gasteiger partial charge in [0.05, 0.1) is 0 Å². The van der Waals surface area contributed by atoms with Crippen molar-refractivity contribution in [1.29, 1.82) is 0 Å². The molecule has 0 spiro atoms. The Kier molecular flexibility index (Phi) is 7.40. The van der Waals surface area contributed by atoms with E-state index >= 15 is 0 Å². The molecule has 1 unspecified atom stereocenters. The van der Waals surface area contributed by atoms with E-state index in [1.807, 2.05) is 60.7 Å². The van der Waals surface area contributed by atoms with E-state index in [-0.39, 0.29) is 11.8 Å². The summed E-state index contributed by atoms with van der Waals surface area (Å²) in [5.41, 5.74) is 3.42. The first kappa shape index (κ1) is 22.6. The molecule has 0 aliphatic carbocycles. The van der Waals surface area contributed by atoms with Crippen molar-refractivity contribution in [3.05, 3.63) is 96.1 Å². The van der Waals surface area contributed by atoms with Gasteiger partial charge in [0.25, 0.3) is 5.91 Å². The van der Waals surface area contributed by atoms with Crippen molar-refractivity contribution in [2.24, 2.45) is 5.92 Å². The van der Waals surface area contributed by atoms with Gasteiger partial charge in [0, 0.05) is 36.4 Å². The van der Waals surface area contributed by atoms with Gasteiger partial charge in [0.2, 0.25) is 5.91 Å². The predicted octanol–water partition coefficient (Wildman–Crippen LogP) is 4.90. The Bertz CT molecular complexity index is 1040. The summed E-state index contributed by atoms with van der Waals surface area (Å²) < 4.78 is 0. The topological polar surface area (TPSA) is 61.4 Å². The Morgan fingerprint density at radius 2 is 1.48 bits per heavy atom. The van der Waals surface area contributed by atoms with E-state index < -0.39 is 6.04 Å². The molecule has 1 aliphatic heterocycles. The molecule has 0 radical (unpaired) electrons. The lowest BCUT2D eigenvalue weighted by Gasteiger charge is -2.32. The summed E-state index contributed by atoms with van der Waals surface area (Å²) in [6, 6.07) is 26.0. The number of carbonyl (C=O) groups excluding carboxylic acids is 2. The number of carbonyl (C=O) groups is 2. The first-order valence-electron chi connectivity index (χ1n) is 11.6. The second kappa shape index (κ2) is 10.8. The Hall–Kier alpha value is -3.60. The zero-order chi connectivity index (χ0) is 23.0. The second-order valence-corrected chi connectivity index (χ2v) is 8.79. The lowest BCUT2D eigenvalue weighted by Crippen LogP contribution is -2.45. The summed E-state index contributed by atoms with van der Waals surface area (Å²) >= 11 is 0. The molecule has 0 saturated carbocycles. The van der Waals surface area contributed by atoms with Crippen molar-refractivity contribution in [2.75, 3.05) is 23.3 Å². The van der Waals surface area contributed by atoms with Gasteiger partial charge < -0.3 is 15.5 Å². The van der Waals surface area contributed by atoms with Gasteiger partial charge >= 0.3 is 0 Å². The maximum atomic E-state index is 13.2. The monoisotopic (exact) mass is 441 g/mol. The molecular weight excluding hydrogens is 410 g/mol. The Morgan fingerprint density at radius 1 is 0.879 bits per heavy atom. The molecule has 1 aliphatic rings. The number of amides is 2. The molecule has 2 amide bonds. The van der Waals surface area contributed by atoms with E-state index in [0.29, 0.717) is 12.0 Å². The quantitative estimate of drug-likeness (QED) is 0.548. The van der Waals surface area contributed by atoms with E-state index in [0.717, 1.165) is 30.3 Å². The van der Waals surface area contributed by atoms with Gasteiger partial charge in [0.1, 0.15) is 6.04 Å². The van der Waals surface area contributed by atoms with E-state index in [2.05, 4.69) is 34.6 Å². The van der Waals surface area contributed by atoms with Crippen LogP contribution >= 0.6 is 0 Å². The summed E-state index contributed by atoms with van der Waals surface area (Å²) in [7, 11) is 0. The zero-order valence-electron chi connectivity index (χ0n) is 19.0. The summed E-state index contributed by atoms with van der Waals surface area (Å²) in [6.45, 7) is 4.44. The van der Waals surface area contributed by atoms with Crippen LogP contribution < -0.4 is 15.5 Å². The molecule has 1 saturated heterocycles. The maximum absolute atomic E-state index is 13.2. The SMILES string of the molecule is CC1CCN(c2ccc(NC(=O)C(Cc3ccccc3)NC(=O)c3ccccc3)cc2)CC1. The Balaban J connectivity index is 1.44. The molecule has 5 heteroatoms. The number of anilines is 2. The lowest BCUT2D eigenvalue weighted by atomic mass is 9.99. The van der Waals surface area contributed by atoms with Gasteiger partial charge in [0.15, 0.2) is 0 Å². The largest absolute Gasteiger partial charge is 0.372 e. The summed E-state index contributed by atoms with van der Waals surface area (Å²) in [4.78, 5) is 28.3. The van der Waals surface area contributed by atoms with Crippen LogP contribution in [0.2, 0.25) is 0 Å². The molecule has 4 rings (SSSR count).